The molecule has 20 heavy (non-hydrogen) atoms. The number of hydrogen-bond donors (Lipinski definition) is 2. The van der Waals surface area contributed by atoms with Gasteiger partial charge < -0.3 is 19.7 Å². The number of rotatable bonds is 4. The van der Waals surface area contributed by atoms with Crippen molar-refractivity contribution >= 4 is 5.97 Å². The average Bonchev–Trinajstić information content (AvgIpc) is 2.34. The third kappa shape index (κ3) is 1.84. The number of ether oxygens (including phenoxy) is 2. The van der Waals surface area contributed by atoms with Crippen molar-refractivity contribution in [3.05, 3.63) is 12.7 Å². The van der Waals surface area contributed by atoms with Gasteiger partial charge >= 0.3 is 5.97 Å². The van der Waals surface area contributed by atoms with Crippen LogP contribution in [0.4, 0.5) is 0 Å². The van der Waals surface area contributed by atoms with Crippen molar-refractivity contribution in [3.63, 3.8) is 0 Å². The molecule has 0 aliphatic heterocycles. The first-order valence-corrected chi connectivity index (χ1v) is 7.20. The molecule has 2 N–H and O–H groups in total. The summed E-state index contributed by atoms with van der Waals surface area (Å²) in [5.41, 5.74) is -2.15. The van der Waals surface area contributed by atoms with Crippen molar-refractivity contribution in [2.75, 3.05) is 6.79 Å². The van der Waals surface area contributed by atoms with Gasteiger partial charge in [-0.3, -0.25) is 0 Å². The van der Waals surface area contributed by atoms with Crippen molar-refractivity contribution in [1.29, 1.82) is 0 Å². The minimum absolute atomic E-state index is 0.0529. The Balaban J connectivity index is 1.99. The summed E-state index contributed by atoms with van der Waals surface area (Å²) >= 11 is 0. The van der Waals surface area contributed by atoms with E-state index in [1.165, 1.54) is 0 Å². The predicted octanol–water partition coefficient (Wildman–Crippen LogP) is 1.13. The largest absolute Gasteiger partial charge is 0.455 e. The molecule has 0 aromatic carbocycles. The van der Waals surface area contributed by atoms with Gasteiger partial charge in [0.2, 0.25) is 0 Å². The highest BCUT2D eigenvalue weighted by molar-refractivity contribution is 5.81. The highest BCUT2D eigenvalue weighted by Gasteiger charge is 2.69. The number of carbonyl (C=O) groups excluding carboxylic acids is 1. The van der Waals surface area contributed by atoms with Crippen molar-refractivity contribution in [2.45, 2.75) is 55.8 Å². The lowest BCUT2D eigenvalue weighted by Gasteiger charge is -2.66. The summed E-state index contributed by atoms with van der Waals surface area (Å²) in [5.74, 6) is -0.243. The van der Waals surface area contributed by atoms with Gasteiger partial charge in [0.25, 0.3) is 0 Å². The van der Waals surface area contributed by atoms with Crippen molar-refractivity contribution in [3.8, 4) is 0 Å². The van der Waals surface area contributed by atoms with Gasteiger partial charge in [0, 0.05) is 24.8 Å². The molecule has 4 bridgehead atoms. The van der Waals surface area contributed by atoms with Crippen LogP contribution < -0.4 is 0 Å². The Morgan fingerprint density at radius 1 is 1.35 bits per heavy atom. The van der Waals surface area contributed by atoms with Gasteiger partial charge in [-0.2, -0.15) is 0 Å². The van der Waals surface area contributed by atoms with E-state index in [2.05, 4.69) is 6.58 Å². The first kappa shape index (κ1) is 14.0. The molecule has 0 aromatic rings. The molecule has 5 atom stereocenters. The Kier molecular flexibility index (Phi) is 3.01. The maximum Gasteiger partial charge on any atom is 0.330 e. The summed E-state index contributed by atoms with van der Waals surface area (Å²) in [6, 6.07) is 0. The summed E-state index contributed by atoms with van der Waals surface area (Å²) in [6.07, 6.45) is 4.41. The average molecular weight is 282 g/mol. The van der Waals surface area contributed by atoms with Crippen LogP contribution >= 0.6 is 0 Å². The third-order valence-corrected chi connectivity index (χ3v) is 5.59. The Morgan fingerprint density at radius 2 is 2.00 bits per heavy atom. The molecule has 0 heterocycles. The van der Waals surface area contributed by atoms with E-state index in [4.69, 9.17) is 9.47 Å². The number of carbonyl (C=O) groups is 1. The highest BCUT2D eigenvalue weighted by atomic mass is 16.6. The van der Waals surface area contributed by atoms with Crippen molar-refractivity contribution < 1.29 is 24.5 Å². The van der Waals surface area contributed by atoms with Gasteiger partial charge in [0.05, 0.1) is 11.2 Å². The third-order valence-electron chi connectivity index (χ3n) is 5.59. The second-order valence-corrected chi connectivity index (χ2v) is 6.81. The molecule has 4 aliphatic rings. The van der Waals surface area contributed by atoms with Crippen LogP contribution in [-0.2, 0) is 14.3 Å². The van der Waals surface area contributed by atoms with Gasteiger partial charge in [-0.25, -0.2) is 4.79 Å². The fourth-order valence-electron chi connectivity index (χ4n) is 5.11. The van der Waals surface area contributed by atoms with Crippen LogP contribution in [0.15, 0.2) is 12.7 Å². The highest BCUT2D eigenvalue weighted by Crippen LogP contribution is 2.64. The maximum absolute atomic E-state index is 11.7. The van der Waals surface area contributed by atoms with E-state index >= 15 is 0 Å². The van der Waals surface area contributed by atoms with Gasteiger partial charge in [0.15, 0.2) is 0 Å². The van der Waals surface area contributed by atoms with E-state index in [-0.39, 0.29) is 18.6 Å². The Labute approximate surface area is 118 Å². The summed E-state index contributed by atoms with van der Waals surface area (Å²) in [6.45, 7) is 5.06. The smallest absolute Gasteiger partial charge is 0.330 e. The molecule has 0 radical (unpaired) electrons. The van der Waals surface area contributed by atoms with Gasteiger partial charge in [0.1, 0.15) is 12.4 Å². The minimum atomic E-state index is -0.857. The Hall–Kier alpha value is -0.910. The minimum Gasteiger partial charge on any atom is -0.455 e. The molecule has 4 aliphatic carbocycles. The fourth-order valence-corrected chi connectivity index (χ4v) is 5.11. The molecule has 112 valence electrons. The van der Waals surface area contributed by atoms with Crippen LogP contribution in [0.25, 0.3) is 0 Å². The summed E-state index contributed by atoms with van der Waals surface area (Å²) in [7, 11) is 0. The topological polar surface area (TPSA) is 76.0 Å². The zero-order valence-corrected chi connectivity index (χ0v) is 11.8. The first-order chi connectivity index (χ1) is 9.37. The number of esters is 1. The predicted molar refractivity (Wildman–Crippen MR) is 70.6 cm³/mol. The molecular formula is C15H22O5. The molecule has 4 fully saturated rings. The summed E-state index contributed by atoms with van der Waals surface area (Å²) in [4.78, 5) is 11.7. The quantitative estimate of drug-likeness (QED) is 0.459. The molecule has 5 nitrogen and oxygen atoms in total. The SMILES string of the molecule is C=CC(=O)OC12CC3CC(O)(CC(OCO)(C3)C1C)C2. The second-order valence-electron chi connectivity index (χ2n) is 6.81. The lowest BCUT2D eigenvalue weighted by Crippen LogP contribution is -2.72. The van der Waals surface area contributed by atoms with Crippen molar-refractivity contribution in [2.24, 2.45) is 11.8 Å². The standard InChI is InChI=1S/C15H22O5/c1-3-12(17)20-15-6-11-4-13(18,8-15)7-14(5-11,10(15)2)19-9-16/h3,10-11,16,18H,1,4-9H2,2H3. The molecule has 4 saturated carbocycles. The molecule has 0 amide bonds. The molecule has 0 spiro atoms. The van der Waals surface area contributed by atoms with Crippen LogP contribution in [0.2, 0.25) is 0 Å². The summed E-state index contributed by atoms with van der Waals surface area (Å²) in [5, 5.41) is 20.0. The first-order valence-electron chi connectivity index (χ1n) is 7.20. The van der Waals surface area contributed by atoms with E-state index in [0.717, 1.165) is 25.3 Å². The number of aliphatic hydroxyl groups is 2. The maximum atomic E-state index is 11.7. The zero-order chi connectivity index (χ0) is 14.6. The second kappa shape index (κ2) is 4.29. The molecule has 0 saturated heterocycles. The normalized spacial score (nSPS) is 49.1. The van der Waals surface area contributed by atoms with E-state index < -0.39 is 22.8 Å². The molecular weight excluding hydrogens is 260 g/mol. The Bertz CT molecular complexity index is 450. The fraction of sp³-hybridized carbons (Fsp3) is 0.800. The van der Waals surface area contributed by atoms with E-state index in [0.29, 0.717) is 12.8 Å². The Morgan fingerprint density at radius 3 is 2.60 bits per heavy atom. The van der Waals surface area contributed by atoms with Crippen molar-refractivity contribution in [1.82, 2.24) is 0 Å². The molecule has 0 aromatic heterocycles. The summed E-state index contributed by atoms with van der Waals surface area (Å²) < 4.78 is 11.3. The van der Waals surface area contributed by atoms with Crippen LogP contribution in [0.5, 0.6) is 0 Å². The monoisotopic (exact) mass is 282 g/mol. The molecule has 5 unspecified atom stereocenters. The van der Waals surface area contributed by atoms with Crippen LogP contribution in [0.1, 0.15) is 39.0 Å². The molecule has 4 rings (SSSR count). The molecule has 5 heteroatoms. The lowest BCUT2D eigenvalue weighted by atomic mass is 9.46. The van der Waals surface area contributed by atoms with Gasteiger partial charge in [-0.15, -0.1) is 0 Å². The number of hydrogen-bond acceptors (Lipinski definition) is 5. The van der Waals surface area contributed by atoms with E-state index in [9.17, 15) is 15.0 Å². The van der Waals surface area contributed by atoms with E-state index in [1.54, 1.807) is 0 Å². The van der Waals surface area contributed by atoms with Crippen LogP contribution in [-0.4, -0.2) is 39.8 Å². The van der Waals surface area contributed by atoms with Crippen LogP contribution in [0, 0.1) is 11.8 Å². The van der Waals surface area contributed by atoms with E-state index in [1.807, 2.05) is 6.92 Å². The zero-order valence-electron chi connectivity index (χ0n) is 11.8. The number of aliphatic hydroxyl groups excluding tert-OH is 1. The van der Waals surface area contributed by atoms with Gasteiger partial charge in [-0.1, -0.05) is 13.5 Å². The van der Waals surface area contributed by atoms with Gasteiger partial charge in [-0.05, 0) is 25.2 Å². The van der Waals surface area contributed by atoms with Crippen LogP contribution in [0.3, 0.4) is 0 Å². The lowest BCUT2D eigenvalue weighted by molar-refractivity contribution is -0.311.